The zero-order valence-electron chi connectivity index (χ0n) is 10.5. The van der Waals surface area contributed by atoms with Gasteiger partial charge in [0.2, 0.25) is 5.91 Å². The Balaban J connectivity index is 2.32. The van der Waals surface area contributed by atoms with Crippen LogP contribution in [0.5, 0.6) is 0 Å². The quantitative estimate of drug-likeness (QED) is 0.931. The normalized spacial score (nSPS) is 10.6. The van der Waals surface area contributed by atoms with E-state index in [-0.39, 0.29) is 18.0 Å². The summed E-state index contributed by atoms with van der Waals surface area (Å²) in [6, 6.07) is 5.31. The molecule has 0 aliphatic carbocycles. The topological polar surface area (TPSA) is 64.0 Å². The molecule has 0 atom stereocenters. The summed E-state index contributed by atoms with van der Waals surface area (Å²) in [5, 5.41) is 3.23. The number of carbonyl (C=O) groups excluding carboxylic acids is 1. The summed E-state index contributed by atoms with van der Waals surface area (Å²) in [5.41, 5.74) is 0.413. The summed E-state index contributed by atoms with van der Waals surface area (Å²) in [6.07, 6.45) is 2.27. The lowest BCUT2D eigenvalue weighted by Gasteiger charge is -2.07. The number of benzene rings is 1. The van der Waals surface area contributed by atoms with Gasteiger partial charge >= 0.3 is 0 Å². The molecule has 1 N–H and O–H groups in total. The first kappa shape index (κ1) is 13.7. The number of nitrogens with zero attached hydrogens (tertiary/aromatic N) is 2. The Labute approximate surface area is 118 Å². The van der Waals surface area contributed by atoms with E-state index in [1.54, 1.807) is 12.1 Å². The van der Waals surface area contributed by atoms with E-state index in [4.69, 9.17) is 0 Å². The first-order chi connectivity index (χ1) is 9.11. The van der Waals surface area contributed by atoms with Crippen LogP contribution < -0.4 is 10.9 Å². The number of amides is 1. The molecule has 2 aromatic rings. The first-order valence-electron chi connectivity index (χ1n) is 6.03. The molecule has 0 aliphatic rings. The number of aromatic nitrogens is 2. The molecule has 0 unspecified atom stereocenters. The van der Waals surface area contributed by atoms with E-state index in [1.807, 2.05) is 13.0 Å². The minimum absolute atomic E-state index is 0.00567. The van der Waals surface area contributed by atoms with Crippen molar-refractivity contribution in [1.82, 2.24) is 14.9 Å². The van der Waals surface area contributed by atoms with Crippen LogP contribution in [0.3, 0.4) is 0 Å². The van der Waals surface area contributed by atoms with Gasteiger partial charge in [-0.2, -0.15) is 0 Å². The first-order valence-corrected chi connectivity index (χ1v) is 6.82. The highest BCUT2D eigenvalue weighted by atomic mass is 79.9. The number of hydrogen-bond donors (Lipinski definition) is 1. The summed E-state index contributed by atoms with van der Waals surface area (Å²) in [4.78, 5) is 28.0. The second-order valence-corrected chi connectivity index (χ2v) is 5.10. The molecule has 0 fully saturated rings. The average Bonchev–Trinajstić information content (AvgIpc) is 2.40. The molecular weight excluding hydrogens is 310 g/mol. The molecule has 5 nitrogen and oxygen atoms in total. The Hall–Kier alpha value is -1.69. The molecule has 0 saturated carbocycles. The maximum Gasteiger partial charge on any atom is 0.261 e. The summed E-state index contributed by atoms with van der Waals surface area (Å²) in [5.74, 6) is -0.180. The van der Waals surface area contributed by atoms with Gasteiger partial charge in [-0.25, -0.2) is 4.98 Å². The Bertz CT molecular complexity index is 666. The second-order valence-electron chi connectivity index (χ2n) is 4.19. The molecule has 6 heteroatoms. The molecule has 19 heavy (non-hydrogen) atoms. The molecular formula is C13H14BrN3O2. The van der Waals surface area contributed by atoms with Crippen molar-refractivity contribution in [2.24, 2.45) is 0 Å². The fourth-order valence-electron chi connectivity index (χ4n) is 1.72. The SMILES string of the molecule is CCCNC(=O)Cn1cnc2ccc(Br)cc2c1=O. The lowest BCUT2D eigenvalue weighted by Crippen LogP contribution is -2.32. The maximum atomic E-state index is 12.2. The molecule has 1 heterocycles. The van der Waals surface area contributed by atoms with Crippen LogP contribution in [-0.2, 0) is 11.3 Å². The van der Waals surface area contributed by atoms with Crippen molar-refractivity contribution in [2.75, 3.05) is 6.54 Å². The highest BCUT2D eigenvalue weighted by Crippen LogP contribution is 2.14. The van der Waals surface area contributed by atoms with Crippen LogP contribution in [0.15, 0.2) is 33.8 Å². The summed E-state index contributed by atoms with van der Waals surface area (Å²) in [7, 11) is 0. The van der Waals surface area contributed by atoms with Gasteiger partial charge in [0, 0.05) is 11.0 Å². The predicted molar refractivity (Wildman–Crippen MR) is 77.0 cm³/mol. The van der Waals surface area contributed by atoms with Crippen molar-refractivity contribution >= 4 is 32.7 Å². The van der Waals surface area contributed by atoms with Gasteiger partial charge in [0.1, 0.15) is 6.54 Å². The standard InChI is InChI=1S/C13H14BrN3O2/c1-2-5-15-12(18)7-17-8-16-11-4-3-9(14)6-10(11)13(17)19/h3-4,6,8H,2,5,7H2,1H3,(H,15,18). The van der Waals surface area contributed by atoms with Gasteiger partial charge in [-0.05, 0) is 24.6 Å². The molecule has 1 amide bonds. The van der Waals surface area contributed by atoms with Crippen LogP contribution in [0.25, 0.3) is 10.9 Å². The van der Waals surface area contributed by atoms with Crippen molar-refractivity contribution in [2.45, 2.75) is 19.9 Å². The molecule has 0 spiro atoms. The monoisotopic (exact) mass is 323 g/mol. The molecule has 2 rings (SSSR count). The van der Waals surface area contributed by atoms with Crippen LogP contribution in [0, 0.1) is 0 Å². The molecule has 0 aliphatic heterocycles. The number of fused-ring (bicyclic) bond motifs is 1. The van der Waals surface area contributed by atoms with Crippen molar-refractivity contribution in [3.05, 3.63) is 39.4 Å². The zero-order chi connectivity index (χ0) is 13.8. The summed E-state index contributed by atoms with van der Waals surface area (Å²) >= 11 is 3.32. The third kappa shape index (κ3) is 3.20. The molecule has 0 saturated heterocycles. The van der Waals surface area contributed by atoms with Crippen molar-refractivity contribution in [1.29, 1.82) is 0 Å². The van der Waals surface area contributed by atoms with Gasteiger partial charge in [0.25, 0.3) is 5.56 Å². The van der Waals surface area contributed by atoms with E-state index in [1.165, 1.54) is 10.9 Å². The van der Waals surface area contributed by atoms with Crippen LogP contribution in [0.2, 0.25) is 0 Å². The Morgan fingerprint density at radius 3 is 3.00 bits per heavy atom. The number of rotatable bonds is 4. The van der Waals surface area contributed by atoms with Crippen LogP contribution in [0.4, 0.5) is 0 Å². The van der Waals surface area contributed by atoms with Gasteiger partial charge < -0.3 is 5.32 Å². The van der Waals surface area contributed by atoms with Gasteiger partial charge in [0.15, 0.2) is 0 Å². The number of carbonyl (C=O) groups is 1. The Morgan fingerprint density at radius 2 is 2.26 bits per heavy atom. The zero-order valence-corrected chi connectivity index (χ0v) is 12.1. The van der Waals surface area contributed by atoms with Gasteiger partial charge in [0.05, 0.1) is 17.2 Å². The number of halogens is 1. The van der Waals surface area contributed by atoms with Gasteiger partial charge in [-0.1, -0.05) is 22.9 Å². The second kappa shape index (κ2) is 5.97. The van der Waals surface area contributed by atoms with Crippen LogP contribution >= 0.6 is 15.9 Å². The van der Waals surface area contributed by atoms with E-state index < -0.39 is 0 Å². The number of nitrogens with one attached hydrogen (secondary N) is 1. The van der Waals surface area contributed by atoms with Gasteiger partial charge in [-0.15, -0.1) is 0 Å². The minimum atomic E-state index is -0.210. The van der Waals surface area contributed by atoms with Crippen molar-refractivity contribution in [3.8, 4) is 0 Å². The smallest absolute Gasteiger partial charge is 0.261 e. The van der Waals surface area contributed by atoms with Crippen LogP contribution in [-0.4, -0.2) is 22.0 Å². The van der Waals surface area contributed by atoms with Crippen molar-refractivity contribution < 1.29 is 4.79 Å². The third-order valence-corrected chi connectivity index (χ3v) is 3.17. The van der Waals surface area contributed by atoms with Gasteiger partial charge in [-0.3, -0.25) is 14.2 Å². The summed E-state index contributed by atoms with van der Waals surface area (Å²) < 4.78 is 2.13. The Kier molecular flexibility index (Phi) is 4.31. The average molecular weight is 324 g/mol. The lowest BCUT2D eigenvalue weighted by atomic mass is 10.2. The molecule has 1 aromatic carbocycles. The van der Waals surface area contributed by atoms with E-state index in [0.29, 0.717) is 17.4 Å². The van der Waals surface area contributed by atoms with E-state index in [9.17, 15) is 9.59 Å². The fourth-order valence-corrected chi connectivity index (χ4v) is 2.08. The highest BCUT2D eigenvalue weighted by Gasteiger charge is 2.07. The molecule has 100 valence electrons. The predicted octanol–water partition coefficient (Wildman–Crippen LogP) is 1.69. The Morgan fingerprint density at radius 1 is 1.47 bits per heavy atom. The lowest BCUT2D eigenvalue weighted by molar-refractivity contribution is -0.121. The summed E-state index contributed by atoms with van der Waals surface area (Å²) in [6.45, 7) is 2.58. The molecule has 0 bridgehead atoms. The van der Waals surface area contributed by atoms with E-state index in [0.717, 1.165) is 10.9 Å². The minimum Gasteiger partial charge on any atom is -0.355 e. The molecule has 0 radical (unpaired) electrons. The van der Waals surface area contributed by atoms with Crippen LogP contribution in [0.1, 0.15) is 13.3 Å². The van der Waals surface area contributed by atoms with E-state index >= 15 is 0 Å². The maximum absolute atomic E-state index is 12.2. The number of hydrogen-bond acceptors (Lipinski definition) is 3. The third-order valence-electron chi connectivity index (χ3n) is 2.67. The van der Waals surface area contributed by atoms with E-state index in [2.05, 4.69) is 26.2 Å². The largest absolute Gasteiger partial charge is 0.355 e. The highest BCUT2D eigenvalue weighted by molar-refractivity contribution is 9.10. The molecule has 1 aromatic heterocycles. The fraction of sp³-hybridized carbons (Fsp3) is 0.308. The van der Waals surface area contributed by atoms with Crippen molar-refractivity contribution in [3.63, 3.8) is 0 Å².